The average Bonchev–Trinajstić information content (AvgIpc) is 2.15. The van der Waals surface area contributed by atoms with Crippen LogP contribution < -0.4 is 5.32 Å². The molecule has 0 atom stereocenters. The molecule has 9 heavy (non-hydrogen) atoms. The molecule has 0 unspecified atom stereocenters. The van der Waals surface area contributed by atoms with Gasteiger partial charge in [-0.05, 0) is 0 Å². The Balaban J connectivity index is 2.58. The van der Waals surface area contributed by atoms with Crippen molar-refractivity contribution in [1.82, 2.24) is 0 Å². The van der Waals surface area contributed by atoms with E-state index >= 15 is 0 Å². The van der Waals surface area contributed by atoms with Crippen LogP contribution in [-0.4, -0.2) is 20.4 Å². The van der Waals surface area contributed by atoms with E-state index in [1.165, 1.54) is 6.92 Å². The van der Waals surface area contributed by atoms with Crippen LogP contribution in [0.2, 0.25) is 0 Å². The van der Waals surface area contributed by atoms with Crippen molar-refractivity contribution in [3.05, 3.63) is 15.9 Å². The first-order valence-corrected chi connectivity index (χ1v) is 4.56. The third-order valence-electron chi connectivity index (χ3n) is 0.842. The first-order valence-electron chi connectivity index (χ1n) is 2.59. The van der Waals surface area contributed by atoms with Gasteiger partial charge in [0.2, 0.25) is 0 Å². The number of nitrogens with one attached hydrogen (secondary N) is 1. The molecule has 48 valence electrons. The molecule has 1 rings (SSSR count). The van der Waals surface area contributed by atoms with Gasteiger partial charge in [0.1, 0.15) is 0 Å². The van der Waals surface area contributed by atoms with Crippen molar-refractivity contribution in [2.45, 2.75) is 6.92 Å². The van der Waals surface area contributed by atoms with Gasteiger partial charge in [0.15, 0.2) is 0 Å². The Labute approximate surface area is 59.6 Å². The summed E-state index contributed by atoms with van der Waals surface area (Å²) in [6.07, 6.45) is 0. The van der Waals surface area contributed by atoms with E-state index in [1.807, 2.05) is 11.0 Å². The van der Waals surface area contributed by atoms with E-state index in [9.17, 15) is 4.79 Å². The Morgan fingerprint density at radius 3 is 3.00 bits per heavy atom. The minimum absolute atomic E-state index is 0.00333. The zero-order chi connectivity index (χ0) is 6.69. The van der Waals surface area contributed by atoms with Gasteiger partial charge in [0.25, 0.3) is 0 Å². The number of hydrogen-bond donors (Lipinski definition) is 1. The van der Waals surface area contributed by atoms with Gasteiger partial charge < -0.3 is 0 Å². The summed E-state index contributed by atoms with van der Waals surface area (Å²) in [7, 11) is 0. The second kappa shape index (κ2) is 2.85. The predicted molar refractivity (Wildman–Crippen MR) is 37.7 cm³/mol. The van der Waals surface area contributed by atoms with E-state index < -0.39 is 0 Å². The molecule has 1 aromatic rings. The molecule has 0 aliphatic rings. The Bertz CT molecular complexity index is 193. The maximum atomic E-state index is 10.4. The van der Waals surface area contributed by atoms with E-state index in [0.717, 1.165) is 5.69 Å². The fourth-order valence-corrected chi connectivity index (χ4v) is 1.77. The molecule has 3 heteroatoms. The van der Waals surface area contributed by atoms with Crippen LogP contribution in [0.4, 0.5) is 5.69 Å². The SMILES string of the molecule is CC(=O)Nc1cc[se]c1. The van der Waals surface area contributed by atoms with Crippen molar-refractivity contribution >= 4 is 26.1 Å². The molecule has 0 fully saturated rings. The Kier molecular flexibility index (Phi) is 2.09. The topological polar surface area (TPSA) is 29.1 Å². The van der Waals surface area contributed by atoms with Crippen molar-refractivity contribution < 1.29 is 4.79 Å². The van der Waals surface area contributed by atoms with Crippen LogP contribution in [0.5, 0.6) is 0 Å². The third-order valence-corrected chi connectivity index (χ3v) is 2.28. The molecule has 1 heterocycles. The van der Waals surface area contributed by atoms with Gasteiger partial charge in [-0.25, -0.2) is 0 Å². The van der Waals surface area contributed by atoms with E-state index in [4.69, 9.17) is 0 Å². The molecule has 2 nitrogen and oxygen atoms in total. The van der Waals surface area contributed by atoms with E-state index in [2.05, 4.69) is 10.3 Å². The van der Waals surface area contributed by atoms with Gasteiger partial charge in [-0.3, -0.25) is 0 Å². The molecule has 0 aliphatic carbocycles. The summed E-state index contributed by atoms with van der Waals surface area (Å²) < 4.78 is 0. The van der Waals surface area contributed by atoms with E-state index in [-0.39, 0.29) is 5.91 Å². The van der Waals surface area contributed by atoms with Gasteiger partial charge in [0, 0.05) is 0 Å². The first-order chi connectivity index (χ1) is 4.29. The van der Waals surface area contributed by atoms with Crippen LogP contribution in [-0.2, 0) is 4.79 Å². The number of carbonyl (C=O) groups excluding carboxylic acids is 1. The molecule has 0 bridgehead atoms. The van der Waals surface area contributed by atoms with Crippen molar-refractivity contribution in [3.63, 3.8) is 0 Å². The van der Waals surface area contributed by atoms with Crippen LogP contribution in [0.3, 0.4) is 0 Å². The minimum atomic E-state index is 0.00333. The molecule has 0 radical (unpaired) electrons. The number of hydrogen-bond acceptors (Lipinski definition) is 1. The van der Waals surface area contributed by atoms with Crippen LogP contribution in [0, 0.1) is 0 Å². The standard InChI is InChI=1S/C6H7NOSe/c1-5(8)7-6-2-3-9-4-6/h2-4H,1H3,(H,7,8). The van der Waals surface area contributed by atoms with Crippen molar-refractivity contribution in [2.75, 3.05) is 5.32 Å². The molecule has 0 spiro atoms. The second-order valence-electron chi connectivity index (χ2n) is 1.69. The summed E-state index contributed by atoms with van der Waals surface area (Å²) in [4.78, 5) is 14.5. The van der Waals surface area contributed by atoms with Gasteiger partial charge in [-0.1, -0.05) is 0 Å². The van der Waals surface area contributed by atoms with Crippen molar-refractivity contribution in [2.24, 2.45) is 0 Å². The number of anilines is 1. The second-order valence-corrected chi connectivity index (χ2v) is 3.33. The van der Waals surface area contributed by atoms with Crippen LogP contribution in [0.1, 0.15) is 6.92 Å². The first kappa shape index (κ1) is 6.59. The Morgan fingerprint density at radius 2 is 2.56 bits per heavy atom. The fraction of sp³-hybridized carbons (Fsp3) is 0.167. The van der Waals surface area contributed by atoms with Crippen molar-refractivity contribution in [3.8, 4) is 0 Å². The molecule has 1 amide bonds. The van der Waals surface area contributed by atoms with E-state index in [0.29, 0.717) is 14.5 Å². The maximum absolute atomic E-state index is 10.4. The summed E-state index contributed by atoms with van der Waals surface area (Å²) in [5.74, 6) is 0.00333. The predicted octanol–water partition coefficient (Wildman–Crippen LogP) is 0.702. The zero-order valence-electron chi connectivity index (χ0n) is 5.05. The van der Waals surface area contributed by atoms with Gasteiger partial charge in [-0.15, -0.1) is 0 Å². The molecule has 0 saturated heterocycles. The van der Waals surface area contributed by atoms with Crippen LogP contribution >= 0.6 is 0 Å². The van der Waals surface area contributed by atoms with Gasteiger partial charge in [0.05, 0.1) is 0 Å². The number of carbonyl (C=O) groups is 1. The number of amides is 1. The summed E-state index contributed by atoms with van der Waals surface area (Å²) >= 11 is 0.470. The monoisotopic (exact) mass is 189 g/mol. The molecule has 0 aromatic carbocycles. The normalized spacial score (nSPS) is 9.00. The quantitative estimate of drug-likeness (QED) is 0.646. The molecule has 0 saturated carbocycles. The Morgan fingerprint density at radius 1 is 1.78 bits per heavy atom. The van der Waals surface area contributed by atoms with Gasteiger partial charge >= 0.3 is 59.1 Å². The molecular formula is C6H7NOSe. The summed E-state index contributed by atoms with van der Waals surface area (Å²) in [6.45, 7) is 1.51. The van der Waals surface area contributed by atoms with E-state index in [1.54, 1.807) is 0 Å². The number of rotatable bonds is 1. The average molecular weight is 188 g/mol. The summed E-state index contributed by atoms with van der Waals surface area (Å²) in [5.41, 5.74) is 0.947. The molecule has 1 N–H and O–H groups in total. The molecule has 0 aliphatic heterocycles. The van der Waals surface area contributed by atoms with Crippen LogP contribution in [0.25, 0.3) is 0 Å². The third kappa shape index (κ3) is 2.04. The Hall–Kier alpha value is -0.531. The fourth-order valence-electron chi connectivity index (χ4n) is 0.539. The zero-order valence-corrected chi connectivity index (χ0v) is 6.76. The van der Waals surface area contributed by atoms with Gasteiger partial charge in [-0.2, -0.15) is 0 Å². The van der Waals surface area contributed by atoms with Crippen molar-refractivity contribution in [1.29, 1.82) is 0 Å². The molecular weight excluding hydrogens is 181 g/mol. The summed E-state index contributed by atoms with van der Waals surface area (Å²) in [6, 6.07) is 1.93. The summed E-state index contributed by atoms with van der Waals surface area (Å²) in [5, 5.41) is 2.69. The van der Waals surface area contributed by atoms with Crippen LogP contribution in [0.15, 0.2) is 15.9 Å². The molecule has 1 aromatic heterocycles.